The van der Waals surface area contributed by atoms with Crippen LogP contribution < -0.4 is 5.32 Å². The first-order valence-corrected chi connectivity index (χ1v) is 8.38. The number of hydrogen-bond acceptors (Lipinski definition) is 3. The molecule has 2 amide bonds. The van der Waals surface area contributed by atoms with E-state index in [9.17, 15) is 4.79 Å². The van der Waals surface area contributed by atoms with Gasteiger partial charge in [0, 0.05) is 45.1 Å². The van der Waals surface area contributed by atoms with Gasteiger partial charge in [-0.3, -0.25) is 10.00 Å². The van der Waals surface area contributed by atoms with Crippen molar-refractivity contribution in [2.75, 3.05) is 25.6 Å². The van der Waals surface area contributed by atoms with Crippen LogP contribution in [0.3, 0.4) is 0 Å². The van der Waals surface area contributed by atoms with Gasteiger partial charge < -0.3 is 9.64 Å². The number of methoxy groups -OCH3 is 1. The van der Waals surface area contributed by atoms with Crippen LogP contribution in [0.4, 0.5) is 10.6 Å². The van der Waals surface area contributed by atoms with Crippen LogP contribution in [0.2, 0.25) is 0 Å². The number of hydrogen-bond donors (Lipinski definition) is 1. The SMILES string of the molecule is COCCCn1ccc(NC(=O)N2CCC[C@H]2C2CCC2)n1. The van der Waals surface area contributed by atoms with E-state index in [1.165, 1.54) is 19.3 Å². The molecule has 1 saturated heterocycles. The van der Waals surface area contributed by atoms with E-state index in [1.54, 1.807) is 7.11 Å². The monoisotopic (exact) mass is 306 g/mol. The summed E-state index contributed by atoms with van der Waals surface area (Å²) in [4.78, 5) is 14.5. The molecule has 0 bridgehead atoms. The van der Waals surface area contributed by atoms with Gasteiger partial charge in [-0.25, -0.2) is 4.79 Å². The molecule has 1 aliphatic carbocycles. The molecule has 22 heavy (non-hydrogen) atoms. The maximum atomic E-state index is 12.5. The number of anilines is 1. The summed E-state index contributed by atoms with van der Waals surface area (Å²) in [6.45, 7) is 2.40. The number of nitrogens with zero attached hydrogens (tertiary/aromatic N) is 3. The van der Waals surface area contributed by atoms with Crippen molar-refractivity contribution in [1.29, 1.82) is 0 Å². The van der Waals surface area contributed by atoms with Crippen LogP contribution in [0.15, 0.2) is 12.3 Å². The van der Waals surface area contributed by atoms with Gasteiger partial charge >= 0.3 is 6.03 Å². The van der Waals surface area contributed by atoms with E-state index in [4.69, 9.17) is 4.74 Å². The predicted molar refractivity (Wildman–Crippen MR) is 84.8 cm³/mol. The molecule has 3 rings (SSSR count). The fourth-order valence-corrected chi connectivity index (χ4v) is 3.46. The van der Waals surface area contributed by atoms with Crippen LogP contribution in [-0.2, 0) is 11.3 Å². The maximum absolute atomic E-state index is 12.5. The average molecular weight is 306 g/mol. The van der Waals surface area contributed by atoms with Crippen molar-refractivity contribution in [2.45, 2.75) is 51.1 Å². The van der Waals surface area contributed by atoms with Crippen LogP contribution in [-0.4, -0.2) is 47.0 Å². The summed E-state index contributed by atoms with van der Waals surface area (Å²) in [5.74, 6) is 1.36. The lowest BCUT2D eigenvalue weighted by Gasteiger charge is -2.36. The third-order valence-electron chi connectivity index (χ3n) is 4.87. The first-order chi connectivity index (χ1) is 10.8. The zero-order valence-corrected chi connectivity index (χ0v) is 13.3. The van der Waals surface area contributed by atoms with Gasteiger partial charge in [0.1, 0.15) is 0 Å². The summed E-state index contributed by atoms with van der Waals surface area (Å²) in [6.07, 6.45) is 8.98. The molecule has 1 aromatic heterocycles. The number of carbonyl (C=O) groups is 1. The van der Waals surface area contributed by atoms with E-state index < -0.39 is 0 Å². The number of aromatic nitrogens is 2. The molecule has 2 aliphatic rings. The fourth-order valence-electron chi connectivity index (χ4n) is 3.46. The zero-order chi connectivity index (χ0) is 15.4. The molecule has 1 saturated carbocycles. The Morgan fingerprint density at radius 1 is 1.41 bits per heavy atom. The molecule has 1 aromatic rings. The molecule has 0 aromatic carbocycles. The minimum atomic E-state index is 0.0107. The second-order valence-electron chi connectivity index (χ2n) is 6.33. The number of aryl methyl sites for hydroxylation is 1. The molecule has 1 N–H and O–H groups in total. The first-order valence-electron chi connectivity index (χ1n) is 8.38. The number of rotatable bonds is 6. The Hall–Kier alpha value is -1.56. The van der Waals surface area contributed by atoms with Crippen LogP contribution in [0.1, 0.15) is 38.5 Å². The van der Waals surface area contributed by atoms with Gasteiger partial charge in [-0.2, -0.15) is 5.10 Å². The molecular weight excluding hydrogens is 280 g/mol. The van der Waals surface area contributed by atoms with Gasteiger partial charge in [-0.05, 0) is 38.0 Å². The first kappa shape index (κ1) is 15.3. The van der Waals surface area contributed by atoms with E-state index in [1.807, 2.05) is 21.8 Å². The topological polar surface area (TPSA) is 59.4 Å². The molecule has 6 heteroatoms. The molecule has 2 heterocycles. The third-order valence-corrected chi connectivity index (χ3v) is 4.87. The fraction of sp³-hybridized carbons (Fsp3) is 0.750. The Balaban J connectivity index is 1.52. The molecule has 1 aliphatic heterocycles. The lowest BCUT2D eigenvalue weighted by molar-refractivity contribution is 0.147. The minimum absolute atomic E-state index is 0.0107. The van der Waals surface area contributed by atoms with Crippen molar-refractivity contribution in [3.63, 3.8) is 0 Å². The lowest BCUT2D eigenvalue weighted by atomic mass is 9.79. The number of urea groups is 1. The van der Waals surface area contributed by atoms with E-state index >= 15 is 0 Å². The van der Waals surface area contributed by atoms with Crippen molar-refractivity contribution in [2.24, 2.45) is 5.92 Å². The van der Waals surface area contributed by atoms with Crippen molar-refractivity contribution in [3.8, 4) is 0 Å². The van der Waals surface area contributed by atoms with Crippen LogP contribution in [0.5, 0.6) is 0 Å². The number of carbonyl (C=O) groups excluding carboxylic acids is 1. The largest absolute Gasteiger partial charge is 0.385 e. The number of likely N-dealkylation sites (tertiary alicyclic amines) is 1. The molecule has 1 atom stereocenters. The second-order valence-corrected chi connectivity index (χ2v) is 6.33. The Labute approximate surface area is 131 Å². The van der Waals surface area contributed by atoms with E-state index in [-0.39, 0.29) is 6.03 Å². The third kappa shape index (κ3) is 3.43. The highest BCUT2D eigenvalue weighted by atomic mass is 16.5. The molecular formula is C16H26N4O2. The van der Waals surface area contributed by atoms with E-state index in [2.05, 4.69) is 10.4 Å². The quantitative estimate of drug-likeness (QED) is 0.822. The normalized spacial score (nSPS) is 21.9. The van der Waals surface area contributed by atoms with Gasteiger partial charge in [0.25, 0.3) is 0 Å². The molecule has 2 fully saturated rings. The summed E-state index contributed by atoms with van der Waals surface area (Å²) in [6, 6.07) is 2.31. The Bertz CT molecular complexity index is 498. The predicted octanol–water partition coefficient (Wildman–Crippen LogP) is 2.72. The van der Waals surface area contributed by atoms with Gasteiger partial charge in [0.05, 0.1) is 0 Å². The molecule has 0 unspecified atom stereocenters. The van der Waals surface area contributed by atoms with Gasteiger partial charge in [0.2, 0.25) is 0 Å². The Morgan fingerprint density at radius 3 is 3.00 bits per heavy atom. The van der Waals surface area contributed by atoms with Crippen LogP contribution in [0, 0.1) is 5.92 Å². The number of nitrogens with one attached hydrogen (secondary N) is 1. The average Bonchev–Trinajstić information content (AvgIpc) is 3.07. The highest BCUT2D eigenvalue weighted by Gasteiger charge is 2.37. The summed E-state index contributed by atoms with van der Waals surface area (Å²) in [7, 11) is 1.70. The molecule has 0 spiro atoms. The molecule has 0 radical (unpaired) electrons. The highest BCUT2D eigenvalue weighted by molar-refractivity contribution is 5.88. The van der Waals surface area contributed by atoms with E-state index in [0.717, 1.165) is 44.9 Å². The highest BCUT2D eigenvalue weighted by Crippen LogP contribution is 2.37. The van der Waals surface area contributed by atoms with E-state index in [0.29, 0.717) is 11.9 Å². The zero-order valence-electron chi connectivity index (χ0n) is 13.3. The van der Waals surface area contributed by atoms with Gasteiger partial charge in [-0.1, -0.05) is 6.42 Å². The summed E-state index contributed by atoms with van der Waals surface area (Å²) in [5, 5.41) is 7.35. The number of amides is 2. The van der Waals surface area contributed by atoms with Crippen molar-refractivity contribution in [1.82, 2.24) is 14.7 Å². The summed E-state index contributed by atoms with van der Waals surface area (Å²) >= 11 is 0. The lowest BCUT2D eigenvalue weighted by Crippen LogP contribution is -2.44. The van der Waals surface area contributed by atoms with Crippen molar-refractivity contribution in [3.05, 3.63) is 12.3 Å². The maximum Gasteiger partial charge on any atom is 0.323 e. The summed E-state index contributed by atoms with van der Waals surface area (Å²) in [5.41, 5.74) is 0. The van der Waals surface area contributed by atoms with Crippen LogP contribution >= 0.6 is 0 Å². The molecule has 6 nitrogen and oxygen atoms in total. The minimum Gasteiger partial charge on any atom is -0.385 e. The smallest absolute Gasteiger partial charge is 0.323 e. The van der Waals surface area contributed by atoms with Crippen LogP contribution in [0.25, 0.3) is 0 Å². The van der Waals surface area contributed by atoms with Gasteiger partial charge in [-0.15, -0.1) is 0 Å². The Morgan fingerprint density at radius 2 is 2.27 bits per heavy atom. The van der Waals surface area contributed by atoms with Crippen molar-refractivity contribution >= 4 is 11.8 Å². The summed E-state index contributed by atoms with van der Waals surface area (Å²) < 4.78 is 6.88. The Kier molecular flexibility index (Phi) is 4.97. The molecule has 122 valence electrons. The van der Waals surface area contributed by atoms with Gasteiger partial charge in [0.15, 0.2) is 5.82 Å². The van der Waals surface area contributed by atoms with Crippen molar-refractivity contribution < 1.29 is 9.53 Å². The second kappa shape index (κ2) is 7.13. The number of ether oxygens (including phenoxy) is 1. The standard InChI is InChI=1S/C16H26N4O2/c1-22-12-4-9-19-11-8-15(18-19)17-16(21)20-10-3-7-14(20)13-5-2-6-13/h8,11,13-14H,2-7,9-10,12H2,1H3,(H,17,18,21)/t14-/m0/s1.